The van der Waals surface area contributed by atoms with Gasteiger partial charge in [0.2, 0.25) is 11.8 Å². The second kappa shape index (κ2) is 16.0. The molecular formula is C45H53N7O7. The lowest BCUT2D eigenvalue weighted by Crippen LogP contribution is -2.51. The molecule has 3 aromatic heterocycles. The van der Waals surface area contributed by atoms with Gasteiger partial charge in [0.25, 0.3) is 0 Å². The minimum atomic E-state index is -0.698. The lowest BCUT2D eigenvalue weighted by atomic mass is 9.87. The van der Waals surface area contributed by atoms with Crippen molar-refractivity contribution in [3.05, 3.63) is 72.8 Å². The summed E-state index contributed by atoms with van der Waals surface area (Å²) in [5.41, 5.74) is 5.71. The van der Waals surface area contributed by atoms with Gasteiger partial charge in [-0.3, -0.25) is 14.4 Å². The number of hydrogen-bond acceptors (Lipinski definition) is 9. The smallest absolute Gasteiger partial charge is 0.407 e. The zero-order valence-electron chi connectivity index (χ0n) is 34.5. The Kier molecular flexibility index (Phi) is 10.8. The van der Waals surface area contributed by atoms with Crippen LogP contribution in [-0.4, -0.2) is 87.0 Å². The van der Waals surface area contributed by atoms with Gasteiger partial charge in [-0.15, -0.1) is 0 Å². The first kappa shape index (κ1) is 39.9. The first-order chi connectivity index (χ1) is 28.4. The van der Waals surface area contributed by atoms with Gasteiger partial charge in [0.15, 0.2) is 0 Å². The summed E-state index contributed by atoms with van der Waals surface area (Å²) in [5, 5.41) is 3.66. The van der Waals surface area contributed by atoms with Crippen LogP contribution in [0.5, 0.6) is 0 Å². The fourth-order valence-electron chi connectivity index (χ4n) is 9.57. The number of fused-ring (bicyclic) bond motifs is 3. The maximum atomic E-state index is 14.1. The third-order valence-electron chi connectivity index (χ3n) is 12.8. The molecule has 0 spiro atoms. The van der Waals surface area contributed by atoms with Crippen molar-refractivity contribution in [2.75, 3.05) is 27.3 Å². The van der Waals surface area contributed by atoms with Crippen LogP contribution < -0.4 is 5.32 Å². The van der Waals surface area contributed by atoms with Crippen LogP contribution in [0.15, 0.2) is 65.5 Å². The van der Waals surface area contributed by atoms with Gasteiger partial charge in [0.05, 0.1) is 62.6 Å². The molecule has 14 heteroatoms. The van der Waals surface area contributed by atoms with E-state index in [4.69, 9.17) is 23.9 Å². The molecule has 3 N–H and O–H groups in total. The lowest BCUT2D eigenvalue weighted by Gasteiger charge is -2.40. The predicted octanol–water partition coefficient (Wildman–Crippen LogP) is 7.60. The van der Waals surface area contributed by atoms with E-state index in [1.807, 2.05) is 55.8 Å². The molecule has 2 aliphatic heterocycles. The number of imidazole rings is 2. The summed E-state index contributed by atoms with van der Waals surface area (Å²) in [6.45, 7) is 9.01. The Labute approximate surface area is 343 Å². The Morgan fingerprint density at radius 1 is 0.881 bits per heavy atom. The first-order valence-electron chi connectivity index (χ1n) is 20.7. The zero-order chi connectivity index (χ0) is 41.6. The number of alkyl carbamates (subject to hydrolysis) is 1. The average molecular weight is 804 g/mol. The van der Waals surface area contributed by atoms with Crippen molar-refractivity contribution in [2.45, 2.75) is 83.8 Å². The number of ether oxygens (including phenoxy) is 2. The first-order valence-corrected chi connectivity index (χ1v) is 20.7. The van der Waals surface area contributed by atoms with E-state index in [1.165, 1.54) is 14.2 Å². The van der Waals surface area contributed by atoms with Gasteiger partial charge in [0, 0.05) is 24.0 Å². The Morgan fingerprint density at radius 3 is 2.34 bits per heavy atom. The van der Waals surface area contributed by atoms with E-state index in [2.05, 4.69) is 45.6 Å². The van der Waals surface area contributed by atoms with Crippen molar-refractivity contribution in [1.29, 1.82) is 0 Å². The lowest BCUT2D eigenvalue weighted by molar-refractivity contribution is -0.151. The highest BCUT2D eigenvalue weighted by Gasteiger charge is 2.56. The monoisotopic (exact) mass is 803 g/mol. The number of piperidine rings is 1. The Morgan fingerprint density at radius 2 is 1.63 bits per heavy atom. The second-order valence-corrected chi connectivity index (χ2v) is 17.0. The molecule has 2 aromatic carbocycles. The topological polar surface area (TPSA) is 176 Å². The van der Waals surface area contributed by atoms with E-state index < -0.39 is 23.6 Å². The fourth-order valence-corrected chi connectivity index (χ4v) is 9.57. The van der Waals surface area contributed by atoms with Crippen LogP contribution in [0.25, 0.3) is 44.6 Å². The van der Waals surface area contributed by atoms with Gasteiger partial charge in [-0.1, -0.05) is 58.0 Å². The summed E-state index contributed by atoms with van der Waals surface area (Å²) in [4.78, 5) is 72.4. The van der Waals surface area contributed by atoms with Gasteiger partial charge in [0.1, 0.15) is 28.8 Å². The molecule has 5 aromatic rings. The number of rotatable bonds is 12. The van der Waals surface area contributed by atoms with E-state index in [0.717, 1.165) is 82.5 Å². The number of methoxy groups -OCH3 is 2. The van der Waals surface area contributed by atoms with Crippen LogP contribution >= 0.6 is 0 Å². The van der Waals surface area contributed by atoms with Gasteiger partial charge >= 0.3 is 12.1 Å². The van der Waals surface area contributed by atoms with Crippen LogP contribution in [0.1, 0.15) is 83.9 Å². The number of aromatic nitrogens is 4. The number of nitrogens with zero attached hydrogens (tertiary/aromatic N) is 4. The van der Waals surface area contributed by atoms with Gasteiger partial charge in [-0.05, 0) is 78.7 Å². The number of nitrogens with one attached hydrogen (secondary N) is 3. The molecule has 8 rings (SSSR count). The number of H-pyrrole nitrogens is 2. The van der Waals surface area contributed by atoms with E-state index >= 15 is 0 Å². The highest BCUT2D eigenvalue weighted by atomic mass is 16.5. The number of carbonyl (C=O) groups excluding carboxylic acids is 4. The summed E-state index contributed by atoms with van der Waals surface area (Å²) in [6, 6.07) is 13.5. The SMILES string of the molecule is COC(=O)C[C@H](C(=O)N1CC2CCC1(c1ncc(-c3ccc(-c4ccc(-c5cnc([C@@H]6CCCN6C(=O)[C@H](NC(=O)OC)C(C)C)[nH]5)cc4)c4ccoc34)[nH]1)C2)C(C)C. The predicted molar refractivity (Wildman–Crippen MR) is 220 cm³/mol. The standard InChI is InChI=1S/C45H53N7O7/c1-25(2)33(20-37(53)57-5)41(54)52-24-27-15-17-45(52,21-27)43-47-23-35(49-43)32-14-13-30(31-16-19-59-39(31)32)28-9-11-29(12-10-28)34-22-46-40(48-34)36-8-7-18-51(36)42(55)38(26(3)4)50-44(56)58-6/h9-14,16,19,22-23,25-27,33,36,38H,7-8,15,17-18,20-21,24H2,1-6H3,(H,46,48)(H,47,49)(H,50,56)/t27?,33-,36-,38+,45?/m0/s1. The Bertz CT molecular complexity index is 2360. The minimum absolute atomic E-state index is 0.0131. The fraction of sp³-hybridized carbons (Fsp3) is 0.467. The van der Waals surface area contributed by atoms with E-state index in [-0.39, 0.29) is 42.1 Å². The number of hydrogen-bond donors (Lipinski definition) is 3. The maximum absolute atomic E-state index is 14.1. The van der Waals surface area contributed by atoms with E-state index in [0.29, 0.717) is 24.8 Å². The van der Waals surface area contributed by atoms with Crippen molar-refractivity contribution in [3.8, 4) is 33.6 Å². The minimum Gasteiger partial charge on any atom is -0.469 e. The summed E-state index contributed by atoms with van der Waals surface area (Å²) in [7, 11) is 2.65. The number of amides is 3. The van der Waals surface area contributed by atoms with E-state index in [9.17, 15) is 19.2 Å². The third-order valence-corrected chi connectivity index (χ3v) is 12.8. The highest BCUT2D eigenvalue weighted by molar-refractivity contribution is 6.01. The molecular weight excluding hydrogens is 751 g/mol. The van der Waals surface area contributed by atoms with Crippen LogP contribution in [-0.2, 0) is 29.4 Å². The number of benzene rings is 2. The van der Waals surface area contributed by atoms with E-state index in [1.54, 1.807) is 12.5 Å². The maximum Gasteiger partial charge on any atom is 0.407 e. The number of esters is 1. The molecule has 3 aliphatic rings. The molecule has 3 amide bonds. The average Bonchev–Trinajstić information content (AvgIpc) is 4.10. The molecule has 2 unspecified atom stereocenters. The Balaban J connectivity index is 1.01. The molecule has 59 heavy (non-hydrogen) atoms. The molecule has 5 heterocycles. The van der Waals surface area contributed by atoms with Crippen molar-refractivity contribution >= 4 is 34.8 Å². The van der Waals surface area contributed by atoms with Crippen LogP contribution in [0, 0.1) is 23.7 Å². The van der Waals surface area contributed by atoms with Crippen LogP contribution in [0.2, 0.25) is 0 Å². The molecule has 5 atom stereocenters. The molecule has 2 saturated heterocycles. The summed E-state index contributed by atoms with van der Waals surface area (Å²) in [5.74, 6) is 0.753. The summed E-state index contributed by atoms with van der Waals surface area (Å²) >= 11 is 0. The van der Waals surface area contributed by atoms with Crippen LogP contribution in [0.4, 0.5) is 4.79 Å². The van der Waals surface area contributed by atoms with Gasteiger partial charge in [-0.25, -0.2) is 14.8 Å². The highest BCUT2D eigenvalue weighted by Crippen LogP contribution is 2.53. The van der Waals surface area contributed by atoms with Gasteiger partial charge in [-0.2, -0.15) is 0 Å². The summed E-state index contributed by atoms with van der Waals surface area (Å²) < 4.78 is 15.8. The molecule has 2 bridgehead atoms. The van der Waals surface area contributed by atoms with Crippen molar-refractivity contribution < 1.29 is 33.1 Å². The Hall–Kier alpha value is -5.92. The van der Waals surface area contributed by atoms with Crippen molar-refractivity contribution in [1.82, 2.24) is 35.1 Å². The molecule has 0 radical (unpaired) electrons. The number of furan rings is 1. The second-order valence-electron chi connectivity index (χ2n) is 17.0. The molecule has 1 aliphatic carbocycles. The zero-order valence-corrected chi connectivity index (χ0v) is 34.5. The van der Waals surface area contributed by atoms with Gasteiger partial charge < -0.3 is 39.0 Å². The molecule has 310 valence electrons. The van der Waals surface area contributed by atoms with Crippen LogP contribution in [0.3, 0.4) is 0 Å². The quantitative estimate of drug-likeness (QED) is 0.107. The number of likely N-dealkylation sites (tertiary alicyclic amines) is 2. The number of aromatic amines is 2. The number of carbonyl (C=O) groups is 4. The van der Waals surface area contributed by atoms with Crippen molar-refractivity contribution in [2.24, 2.45) is 23.7 Å². The molecule has 3 fully saturated rings. The molecule has 1 saturated carbocycles. The molecule has 14 nitrogen and oxygen atoms in total. The summed E-state index contributed by atoms with van der Waals surface area (Å²) in [6.07, 6.45) is 9.06. The van der Waals surface area contributed by atoms with Crippen molar-refractivity contribution in [3.63, 3.8) is 0 Å². The normalized spacial score (nSPS) is 21.1. The third kappa shape index (κ3) is 7.27. The largest absolute Gasteiger partial charge is 0.469 e.